The Morgan fingerprint density at radius 2 is 1.63 bits per heavy atom. The fraction of sp³-hybridized carbons (Fsp3) is 0.0769. The van der Waals surface area contributed by atoms with Gasteiger partial charge in [-0.3, -0.25) is 0 Å². The Labute approximate surface area is 106 Å². The van der Waals surface area contributed by atoms with E-state index in [2.05, 4.69) is 0 Å². The van der Waals surface area contributed by atoms with E-state index in [0.717, 1.165) is 24.3 Å². The van der Waals surface area contributed by atoms with Gasteiger partial charge >= 0.3 is 0 Å². The molecule has 0 aliphatic rings. The van der Waals surface area contributed by atoms with Crippen molar-refractivity contribution < 1.29 is 22.3 Å². The van der Waals surface area contributed by atoms with Crippen LogP contribution in [0.4, 0.5) is 23.2 Å². The van der Waals surface area contributed by atoms with Crippen molar-refractivity contribution in [1.82, 2.24) is 0 Å². The molecule has 0 atom stereocenters. The van der Waals surface area contributed by atoms with Crippen LogP contribution in [0.15, 0.2) is 30.3 Å². The molecule has 100 valence electrons. The van der Waals surface area contributed by atoms with Crippen LogP contribution < -0.4 is 10.5 Å². The summed E-state index contributed by atoms with van der Waals surface area (Å²) in [6.07, 6.45) is 0. The van der Waals surface area contributed by atoms with Crippen LogP contribution in [0.25, 0.3) is 0 Å². The third-order valence-corrected chi connectivity index (χ3v) is 2.45. The minimum Gasteiger partial charge on any atom is -0.486 e. The summed E-state index contributed by atoms with van der Waals surface area (Å²) < 4.78 is 57.4. The van der Waals surface area contributed by atoms with E-state index in [1.54, 1.807) is 0 Å². The molecule has 2 N–H and O–H groups in total. The molecule has 0 aliphatic carbocycles. The molecule has 0 aliphatic heterocycles. The highest BCUT2D eigenvalue weighted by atomic mass is 19.1. The Kier molecular flexibility index (Phi) is 3.59. The van der Waals surface area contributed by atoms with Crippen LogP contribution in [-0.2, 0) is 6.61 Å². The number of nitrogen functional groups attached to an aromatic ring is 1. The first-order valence-electron chi connectivity index (χ1n) is 5.28. The molecule has 2 rings (SSSR count). The van der Waals surface area contributed by atoms with Crippen molar-refractivity contribution in [3.63, 3.8) is 0 Å². The normalized spacial score (nSPS) is 10.5. The van der Waals surface area contributed by atoms with E-state index in [1.807, 2.05) is 0 Å². The van der Waals surface area contributed by atoms with Crippen molar-refractivity contribution in [3.8, 4) is 5.75 Å². The molecular formula is C13H9F4NO. The molecule has 0 saturated carbocycles. The van der Waals surface area contributed by atoms with E-state index < -0.39 is 29.0 Å². The zero-order valence-electron chi connectivity index (χ0n) is 9.59. The lowest BCUT2D eigenvalue weighted by atomic mass is 10.2. The third-order valence-electron chi connectivity index (χ3n) is 2.45. The largest absolute Gasteiger partial charge is 0.486 e. The van der Waals surface area contributed by atoms with E-state index >= 15 is 0 Å². The van der Waals surface area contributed by atoms with E-state index in [0.29, 0.717) is 6.07 Å². The maximum Gasteiger partial charge on any atom is 0.167 e. The first-order valence-corrected chi connectivity index (χ1v) is 5.28. The first kappa shape index (κ1) is 13.2. The van der Waals surface area contributed by atoms with Gasteiger partial charge in [0, 0.05) is 23.8 Å². The van der Waals surface area contributed by atoms with Crippen LogP contribution in [-0.4, -0.2) is 0 Å². The standard InChI is InChI=1S/C13H9F4NO/c14-8-2-1-7(9(15)3-8)6-19-13-5-10(16)12(18)4-11(13)17/h1-5H,6,18H2. The highest BCUT2D eigenvalue weighted by Gasteiger charge is 2.10. The van der Waals surface area contributed by atoms with Gasteiger partial charge in [-0.15, -0.1) is 0 Å². The Morgan fingerprint density at radius 3 is 2.32 bits per heavy atom. The van der Waals surface area contributed by atoms with Gasteiger partial charge in [-0.25, -0.2) is 17.6 Å². The number of hydrogen-bond acceptors (Lipinski definition) is 2. The van der Waals surface area contributed by atoms with Crippen molar-refractivity contribution in [1.29, 1.82) is 0 Å². The summed E-state index contributed by atoms with van der Waals surface area (Å²) in [4.78, 5) is 0. The second-order valence-electron chi connectivity index (χ2n) is 3.83. The zero-order valence-corrected chi connectivity index (χ0v) is 9.59. The minimum absolute atomic E-state index is 0.0260. The number of rotatable bonds is 3. The third kappa shape index (κ3) is 2.96. The van der Waals surface area contributed by atoms with Gasteiger partial charge in [0.15, 0.2) is 11.6 Å². The summed E-state index contributed by atoms with van der Waals surface area (Å²) in [6.45, 7) is -0.355. The second-order valence-corrected chi connectivity index (χ2v) is 3.83. The predicted molar refractivity (Wildman–Crippen MR) is 61.5 cm³/mol. The van der Waals surface area contributed by atoms with Gasteiger partial charge in [-0.1, -0.05) is 0 Å². The van der Waals surface area contributed by atoms with Crippen LogP contribution in [0.2, 0.25) is 0 Å². The van der Waals surface area contributed by atoms with Gasteiger partial charge in [0.05, 0.1) is 5.69 Å². The number of benzene rings is 2. The van der Waals surface area contributed by atoms with Crippen molar-refractivity contribution in [3.05, 3.63) is 59.2 Å². The van der Waals surface area contributed by atoms with E-state index in [4.69, 9.17) is 10.5 Å². The molecule has 0 unspecified atom stereocenters. The first-order chi connectivity index (χ1) is 8.97. The van der Waals surface area contributed by atoms with Gasteiger partial charge in [-0.2, -0.15) is 0 Å². The molecule has 0 bridgehead atoms. The lowest BCUT2D eigenvalue weighted by molar-refractivity contribution is 0.283. The maximum atomic E-state index is 13.4. The molecule has 19 heavy (non-hydrogen) atoms. The van der Waals surface area contributed by atoms with Crippen LogP contribution in [0, 0.1) is 23.3 Å². The molecule has 0 fully saturated rings. The molecule has 0 saturated heterocycles. The number of hydrogen-bond donors (Lipinski definition) is 1. The quantitative estimate of drug-likeness (QED) is 0.686. The maximum absolute atomic E-state index is 13.4. The van der Waals surface area contributed by atoms with E-state index in [-0.39, 0.29) is 17.9 Å². The average Bonchev–Trinajstić information content (AvgIpc) is 2.34. The Hall–Kier alpha value is -2.24. The van der Waals surface area contributed by atoms with Crippen LogP contribution in [0.5, 0.6) is 5.75 Å². The summed E-state index contributed by atoms with van der Waals surface area (Å²) in [7, 11) is 0. The zero-order chi connectivity index (χ0) is 14.0. The van der Waals surface area contributed by atoms with Gasteiger partial charge < -0.3 is 10.5 Å². The number of ether oxygens (including phenoxy) is 1. The minimum atomic E-state index is -0.860. The van der Waals surface area contributed by atoms with Crippen molar-refractivity contribution in [2.24, 2.45) is 0 Å². The molecule has 0 aromatic heterocycles. The van der Waals surface area contributed by atoms with Gasteiger partial charge in [0.25, 0.3) is 0 Å². The molecule has 0 radical (unpaired) electrons. The van der Waals surface area contributed by atoms with Crippen molar-refractivity contribution >= 4 is 5.69 Å². The molecule has 0 heterocycles. The molecule has 0 amide bonds. The average molecular weight is 271 g/mol. The summed E-state index contributed by atoms with van der Waals surface area (Å²) in [5.74, 6) is -3.64. The summed E-state index contributed by atoms with van der Waals surface area (Å²) in [5.41, 5.74) is 4.84. The monoisotopic (exact) mass is 271 g/mol. The van der Waals surface area contributed by atoms with Crippen molar-refractivity contribution in [2.75, 3.05) is 5.73 Å². The molecule has 2 aromatic rings. The molecule has 2 aromatic carbocycles. The molecule has 6 heteroatoms. The second kappa shape index (κ2) is 5.17. The number of halogens is 4. The summed E-state index contributed by atoms with van der Waals surface area (Å²) >= 11 is 0. The number of nitrogens with two attached hydrogens (primary N) is 1. The Morgan fingerprint density at radius 1 is 0.895 bits per heavy atom. The fourth-order valence-electron chi connectivity index (χ4n) is 1.45. The number of anilines is 1. The summed E-state index contributed by atoms with van der Waals surface area (Å²) in [6, 6.07) is 4.42. The SMILES string of the molecule is Nc1cc(F)c(OCc2ccc(F)cc2F)cc1F. The van der Waals surface area contributed by atoms with Gasteiger partial charge in [0.1, 0.15) is 24.1 Å². The van der Waals surface area contributed by atoms with Gasteiger partial charge in [0.2, 0.25) is 0 Å². The topological polar surface area (TPSA) is 35.2 Å². The van der Waals surface area contributed by atoms with E-state index in [1.165, 1.54) is 0 Å². The van der Waals surface area contributed by atoms with Crippen molar-refractivity contribution in [2.45, 2.75) is 6.61 Å². The van der Waals surface area contributed by atoms with Crippen LogP contribution in [0.3, 0.4) is 0 Å². The van der Waals surface area contributed by atoms with Crippen LogP contribution >= 0.6 is 0 Å². The lowest BCUT2D eigenvalue weighted by Gasteiger charge is -2.09. The van der Waals surface area contributed by atoms with Crippen LogP contribution in [0.1, 0.15) is 5.56 Å². The highest BCUT2D eigenvalue weighted by molar-refractivity contribution is 5.44. The predicted octanol–water partition coefficient (Wildman–Crippen LogP) is 3.40. The fourth-order valence-corrected chi connectivity index (χ4v) is 1.45. The smallest absolute Gasteiger partial charge is 0.167 e. The van der Waals surface area contributed by atoms with Gasteiger partial charge in [-0.05, 0) is 12.1 Å². The summed E-state index contributed by atoms with van der Waals surface area (Å²) in [5, 5.41) is 0. The van der Waals surface area contributed by atoms with E-state index in [9.17, 15) is 17.6 Å². The lowest BCUT2D eigenvalue weighted by Crippen LogP contribution is -2.02. The highest BCUT2D eigenvalue weighted by Crippen LogP contribution is 2.24. The molecule has 0 spiro atoms. The Bertz CT molecular complexity index is 616. The Balaban J connectivity index is 2.16. The molecule has 2 nitrogen and oxygen atoms in total. The molecular weight excluding hydrogens is 262 g/mol.